The molecule has 1 aromatic rings. The van der Waals surface area contributed by atoms with Gasteiger partial charge in [0.25, 0.3) is 0 Å². The molecule has 0 aliphatic heterocycles. The van der Waals surface area contributed by atoms with Gasteiger partial charge in [-0.3, -0.25) is 4.79 Å². The molecule has 0 saturated carbocycles. The maximum Gasteiger partial charge on any atom is 0.219 e. The summed E-state index contributed by atoms with van der Waals surface area (Å²) in [6.45, 7) is 2.13. The van der Waals surface area contributed by atoms with E-state index in [0.29, 0.717) is 19.4 Å². The first-order valence-electron chi connectivity index (χ1n) is 6.23. The van der Waals surface area contributed by atoms with Crippen molar-refractivity contribution in [1.82, 2.24) is 5.32 Å². The second-order valence-corrected chi connectivity index (χ2v) is 4.67. The molecular formula is C14H19NO2. The minimum atomic E-state index is -0.889. The number of aryl methyl sites for hydroxylation is 1. The van der Waals surface area contributed by atoms with Crippen LogP contribution in [-0.2, 0) is 16.8 Å². The van der Waals surface area contributed by atoms with Crippen molar-refractivity contribution in [2.24, 2.45) is 0 Å². The standard InChI is InChI=1S/C14H19NO2/c1-2-13(16)15-10-14(17)9-5-7-11-6-3-4-8-12(11)14/h3-4,6,8,17H,2,5,7,9-10H2,1H3,(H,15,16). The lowest BCUT2D eigenvalue weighted by Gasteiger charge is -2.34. The first-order valence-corrected chi connectivity index (χ1v) is 6.23. The first kappa shape index (κ1) is 12.1. The van der Waals surface area contributed by atoms with Gasteiger partial charge in [0.1, 0.15) is 5.60 Å². The van der Waals surface area contributed by atoms with E-state index in [-0.39, 0.29) is 5.91 Å². The number of hydrogen-bond acceptors (Lipinski definition) is 2. The van der Waals surface area contributed by atoms with Gasteiger partial charge in [0.05, 0.1) is 6.54 Å². The number of fused-ring (bicyclic) bond motifs is 1. The molecule has 1 aliphatic carbocycles. The number of nitrogens with one attached hydrogen (secondary N) is 1. The van der Waals surface area contributed by atoms with E-state index in [0.717, 1.165) is 18.4 Å². The van der Waals surface area contributed by atoms with Gasteiger partial charge in [-0.2, -0.15) is 0 Å². The summed E-state index contributed by atoms with van der Waals surface area (Å²) in [6.07, 6.45) is 3.15. The summed E-state index contributed by atoms with van der Waals surface area (Å²) in [5, 5.41) is 13.4. The quantitative estimate of drug-likeness (QED) is 0.835. The van der Waals surface area contributed by atoms with Gasteiger partial charge in [-0.15, -0.1) is 0 Å². The fourth-order valence-electron chi connectivity index (χ4n) is 2.45. The van der Waals surface area contributed by atoms with Gasteiger partial charge in [0.2, 0.25) is 5.91 Å². The molecule has 0 saturated heterocycles. The second kappa shape index (κ2) is 4.88. The Labute approximate surface area is 102 Å². The van der Waals surface area contributed by atoms with Crippen LogP contribution in [0.5, 0.6) is 0 Å². The Kier molecular flexibility index (Phi) is 3.48. The minimum absolute atomic E-state index is 0.0125. The molecule has 1 atom stereocenters. The molecule has 0 spiro atoms. The number of rotatable bonds is 3. The first-order chi connectivity index (χ1) is 8.15. The largest absolute Gasteiger partial charge is 0.383 e. The van der Waals surface area contributed by atoms with Gasteiger partial charge in [-0.25, -0.2) is 0 Å². The number of amides is 1. The van der Waals surface area contributed by atoms with E-state index >= 15 is 0 Å². The summed E-state index contributed by atoms with van der Waals surface area (Å²) >= 11 is 0. The lowest BCUT2D eigenvalue weighted by Crippen LogP contribution is -2.42. The van der Waals surface area contributed by atoms with Gasteiger partial charge in [-0.1, -0.05) is 31.2 Å². The molecule has 0 radical (unpaired) electrons. The van der Waals surface area contributed by atoms with Crippen molar-refractivity contribution < 1.29 is 9.90 Å². The Balaban J connectivity index is 2.18. The zero-order valence-corrected chi connectivity index (χ0v) is 10.2. The van der Waals surface area contributed by atoms with Crippen LogP contribution in [-0.4, -0.2) is 17.6 Å². The Bertz CT molecular complexity index is 416. The van der Waals surface area contributed by atoms with Crippen LogP contribution in [0.3, 0.4) is 0 Å². The summed E-state index contributed by atoms with van der Waals surface area (Å²) < 4.78 is 0. The smallest absolute Gasteiger partial charge is 0.219 e. The van der Waals surface area contributed by atoms with E-state index in [2.05, 4.69) is 11.4 Å². The maximum absolute atomic E-state index is 11.3. The van der Waals surface area contributed by atoms with Crippen LogP contribution in [0.2, 0.25) is 0 Å². The van der Waals surface area contributed by atoms with Crippen LogP contribution < -0.4 is 5.32 Å². The van der Waals surface area contributed by atoms with Crippen molar-refractivity contribution in [2.75, 3.05) is 6.54 Å². The fourth-order valence-corrected chi connectivity index (χ4v) is 2.45. The molecule has 1 amide bonds. The third-order valence-corrected chi connectivity index (χ3v) is 3.45. The molecule has 0 bridgehead atoms. The average Bonchev–Trinajstić information content (AvgIpc) is 2.37. The number of carbonyl (C=O) groups is 1. The fraction of sp³-hybridized carbons (Fsp3) is 0.500. The van der Waals surface area contributed by atoms with E-state index < -0.39 is 5.60 Å². The predicted molar refractivity (Wildman–Crippen MR) is 66.6 cm³/mol. The van der Waals surface area contributed by atoms with Crippen LogP contribution in [0.1, 0.15) is 37.3 Å². The molecule has 17 heavy (non-hydrogen) atoms. The van der Waals surface area contributed by atoms with E-state index in [1.807, 2.05) is 25.1 Å². The van der Waals surface area contributed by atoms with Crippen molar-refractivity contribution >= 4 is 5.91 Å². The van der Waals surface area contributed by atoms with Gasteiger partial charge in [-0.05, 0) is 30.4 Å². The summed E-state index contributed by atoms with van der Waals surface area (Å²) in [7, 11) is 0. The summed E-state index contributed by atoms with van der Waals surface area (Å²) in [6, 6.07) is 7.96. The Hall–Kier alpha value is -1.35. The number of hydrogen-bond donors (Lipinski definition) is 2. The molecule has 1 unspecified atom stereocenters. The number of carbonyl (C=O) groups excluding carboxylic acids is 1. The minimum Gasteiger partial charge on any atom is -0.383 e. The molecule has 0 fully saturated rings. The number of aliphatic hydroxyl groups is 1. The van der Waals surface area contributed by atoms with Crippen LogP contribution in [0.4, 0.5) is 0 Å². The third-order valence-electron chi connectivity index (χ3n) is 3.45. The maximum atomic E-state index is 11.3. The Morgan fingerprint density at radius 2 is 2.24 bits per heavy atom. The van der Waals surface area contributed by atoms with Crippen molar-refractivity contribution in [3.8, 4) is 0 Å². The molecule has 1 aromatic carbocycles. The second-order valence-electron chi connectivity index (χ2n) is 4.67. The highest BCUT2D eigenvalue weighted by Crippen LogP contribution is 2.34. The van der Waals surface area contributed by atoms with Crippen LogP contribution >= 0.6 is 0 Å². The van der Waals surface area contributed by atoms with Gasteiger partial charge in [0.15, 0.2) is 0 Å². The Morgan fingerprint density at radius 3 is 3.00 bits per heavy atom. The molecule has 0 heterocycles. The van der Waals surface area contributed by atoms with Crippen LogP contribution in [0, 0.1) is 0 Å². The summed E-state index contributed by atoms with van der Waals surface area (Å²) in [5.74, 6) is -0.0125. The molecule has 3 nitrogen and oxygen atoms in total. The van der Waals surface area contributed by atoms with Crippen molar-refractivity contribution in [1.29, 1.82) is 0 Å². The SMILES string of the molecule is CCC(=O)NCC1(O)CCCc2ccccc21. The van der Waals surface area contributed by atoms with Gasteiger partial charge >= 0.3 is 0 Å². The van der Waals surface area contributed by atoms with Gasteiger partial charge in [0, 0.05) is 6.42 Å². The summed E-state index contributed by atoms with van der Waals surface area (Å²) in [4.78, 5) is 11.3. The number of benzene rings is 1. The molecule has 92 valence electrons. The molecule has 2 N–H and O–H groups in total. The van der Waals surface area contributed by atoms with E-state index in [4.69, 9.17) is 0 Å². The normalized spacial score (nSPS) is 22.9. The highest BCUT2D eigenvalue weighted by Gasteiger charge is 2.34. The predicted octanol–water partition coefficient (Wildman–Crippen LogP) is 1.74. The molecule has 2 rings (SSSR count). The molecular weight excluding hydrogens is 214 g/mol. The van der Waals surface area contributed by atoms with Crippen molar-refractivity contribution in [2.45, 2.75) is 38.2 Å². The highest BCUT2D eigenvalue weighted by molar-refractivity contribution is 5.75. The lowest BCUT2D eigenvalue weighted by molar-refractivity contribution is -0.122. The van der Waals surface area contributed by atoms with E-state index in [1.165, 1.54) is 5.56 Å². The zero-order valence-electron chi connectivity index (χ0n) is 10.2. The third kappa shape index (κ3) is 2.50. The average molecular weight is 233 g/mol. The monoisotopic (exact) mass is 233 g/mol. The molecule has 1 aliphatic rings. The molecule has 3 heteroatoms. The van der Waals surface area contributed by atoms with E-state index in [1.54, 1.807) is 0 Å². The lowest BCUT2D eigenvalue weighted by atomic mass is 9.79. The zero-order chi connectivity index (χ0) is 12.3. The van der Waals surface area contributed by atoms with Crippen LogP contribution in [0.25, 0.3) is 0 Å². The Morgan fingerprint density at radius 1 is 1.47 bits per heavy atom. The van der Waals surface area contributed by atoms with Crippen molar-refractivity contribution in [3.63, 3.8) is 0 Å². The highest BCUT2D eigenvalue weighted by atomic mass is 16.3. The van der Waals surface area contributed by atoms with E-state index in [9.17, 15) is 9.90 Å². The molecule has 0 aromatic heterocycles. The topological polar surface area (TPSA) is 49.3 Å². The summed E-state index contributed by atoms with van der Waals surface area (Å²) in [5.41, 5.74) is 1.29. The van der Waals surface area contributed by atoms with Gasteiger partial charge < -0.3 is 10.4 Å². The van der Waals surface area contributed by atoms with Crippen molar-refractivity contribution in [3.05, 3.63) is 35.4 Å². The van der Waals surface area contributed by atoms with Crippen LogP contribution in [0.15, 0.2) is 24.3 Å².